The maximum Gasteiger partial charge on any atom is 0.312 e. The summed E-state index contributed by atoms with van der Waals surface area (Å²) in [6.07, 6.45) is 8.07. The highest BCUT2D eigenvalue weighted by molar-refractivity contribution is 6.35. The van der Waals surface area contributed by atoms with Crippen LogP contribution in [0.15, 0.2) is 35.1 Å². The number of pyridine rings is 1. The molecule has 0 radical (unpaired) electrons. The molecule has 2 aliphatic carbocycles. The third-order valence-corrected chi connectivity index (χ3v) is 5.71. The molecule has 2 aromatic rings. The Labute approximate surface area is 168 Å². The van der Waals surface area contributed by atoms with Gasteiger partial charge < -0.3 is 19.1 Å². The molecule has 0 bridgehead atoms. The van der Waals surface area contributed by atoms with Crippen molar-refractivity contribution in [1.29, 1.82) is 0 Å². The van der Waals surface area contributed by atoms with Crippen LogP contribution in [0.1, 0.15) is 49.5 Å². The predicted octanol–water partition coefficient (Wildman–Crippen LogP) is 2.12. The van der Waals surface area contributed by atoms with E-state index in [4.69, 9.17) is 9.26 Å². The molecule has 29 heavy (non-hydrogen) atoms. The first kappa shape index (κ1) is 18.1. The second-order valence-electron chi connectivity index (χ2n) is 8.12. The van der Waals surface area contributed by atoms with Crippen LogP contribution < -0.4 is 4.74 Å². The molecule has 152 valence electrons. The lowest BCUT2D eigenvalue weighted by Gasteiger charge is -2.24. The lowest BCUT2D eigenvalue weighted by Crippen LogP contribution is -2.45. The van der Waals surface area contributed by atoms with Gasteiger partial charge in [-0.2, -0.15) is 0 Å². The second kappa shape index (κ2) is 7.50. The number of likely N-dealkylation sites (tertiary alicyclic amines) is 1. The number of rotatable bonds is 6. The molecule has 2 amide bonds. The monoisotopic (exact) mass is 396 g/mol. The van der Waals surface area contributed by atoms with Crippen LogP contribution in [0.3, 0.4) is 0 Å². The summed E-state index contributed by atoms with van der Waals surface area (Å²) in [4.78, 5) is 33.0. The summed E-state index contributed by atoms with van der Waals surface area (Å²) < 4.78 is 11.3. The third-order valence-electron chi connectivity index (χ3n) is 5.71. The smallest absolute Gasteiger partial charge is 0.312 e. The van der Waals surface area contributed by atoms with Crippen LogP contribution in [0.25, 0.3) is 0 Å². The highest BCUT2D eigenvalue weighted by Crippen LogP contribution is 2.40. The molecule has 3 fully saturated rings. The van der Waals surface area contributed by atoms with E-state index in [1.807, 2.05) is 6.07 Å². The SMILES string of the molecule is O=C(C(=O)N(Cc1cc(C2CC2)on1)C1CC1)N1CC[C@@H](Oc2ccncc2)C1. The minimum Gasteiger partial charge on any atom is -0.488 e. The fourth-order valence-corrected chi connectivity index (χ4v) is 3.77. The van der Waals surface area contributed by atoms with Crippen LogP contribution in [-0.4, -0.2) is 57.0 Å². The summed E-state index contributed by atoms with van der Waals surface area (Å²) in [5.74, 6) is 1.19. The first-order valence-electron chi connectivity index (χ1n) is 10.3. The van der Waals surface area contributed by atoms with Crippen LogP contribution in [-0.2, 0) is 16.1 Å². The number of hydrogen-bond donors (Lipinski definition) is 0. The first-order valence-corrected chi connectivity index (χ1v) is 10.3. The van der Waals surface area contributed by atoms with Crippen molar-refractivity contribution in [2.24, 2.45) is 0 Å². The number of amides is 2. The Morgan fingerprint density at radius 3 is 2.69 bits per heavy atom. The highest BCUT2D eigenvalue weighted by Gasteiger charge is 2.40. The van der Waals surface area contributed by atoms with Crippen molar-refractivity contribution >= 4 is 11.8 Å². The predicted molar refractivity (Wildman–Crippen MR) is 102 cm³/mol. The zero-order valence-electron chi connectivity index (χ0n) is 16.2. The van der Waals surface area contributed by atoms with Gasteiger partial charge in [0.15, 0.2) is 0 Å². The molecule has 3 aliphatic rings. The van der Waals surface area contributed by atoms with Gasteiger partial charge in [0.25, 0.3) is 0 Å². The van der Waals surface area contributed by atoms with Crippen molar-refractivity contribution in [3.8, 4) is 5.75 Å². The molecule has 0 unspecified atom stereocenters. The topological polar surface area (TPSA) is 88.8 Å². The Morgan fingerprint density at radius 1 is 1.17 bits per heavy atom. The van der Waals surface area contributed by atoms with E-state index >= 15 is 0 Å². The van der Waals surface area contributed by atoms with Crippen LogP contribution in [0.2, 0.25) is 0 Å². The minimum absolute atomic E-state index is 0.111. The fraction of sp³-hybridized carbons (Fsp3) is 0.524. The standard InChI is InChI=1S/C21H24N4O4/c26-20(24-10-7-18(13-24)28-17-5-8-22-9-6-17)21(27)25(16-3-4-16)12-15-11-19(29-23-15)14-1-2-14/h5-6,8-9,11,14,16,18H,1-4,7,10,12-13H2/t18-/m1/s1. The Balaban J connectivity index is 1.20. The zero-order chi connectivity index (χ0) is 19.8. The van der Waals surface area contributed by atoms with Gasteiger partial charge >= 0.3 is 11.8 Å². The minimum atomic E-state index is -0.455. The molecule has 5 rings (SSSR count). The second-order valence-corrected chi connectivity index (χ2v) is 8.12. The van der Waals surface area contributed by atoms with E-state index in [0.29, 0.717) is 32.0 Å². The number of hydrogen-bond acceptors (Lipinski definition) is 6. The van der Waals surface area contributed by atoms with E-state index in [9.17, 15) is 9.59 Å². The molecule has 0 spiro atoms. The lowest BCUT2D eigenvalue weighted by atomic mass is 10.2. The van der Waals surface area contributed by atoms with Gasteiger partial charge in [-0.15, -0.1) is 0 Å². The first-order chi connectivity index (χ1) is 14.2. The van der Waals surface area contributed by atoms with Gasteiger partial charge in [-0.1, -0.05) is 5.16 Å². The number of nitrogens with zero attached hydrogens (tertiary/aromatic N) is 4. The van der Waals surface area contributed by atoms with Gasteiger partial charge in [0.05, 0.1) is 13.1 Å². The summed E-state index contributed by atoms with van der Waals surface area (Å²) in [5.41, 5.74) is 0.722. The van der Waals surface area contributed by atoms with E-state index in [0.717, 1.165) is 42.9 Å². The number of aromatic nitrogens is 2. The van der Waals surface area contributed by atoms with E-state index < -0.39 is 11.8 Å². The summed E-state index contributed by atoms with van der Waals surface area (Å²) in [5, 5.41) is 4.11. The quantitative estimate of drug-likeness (QED) is 0.695. The van der Waals surface area contributed by atoms with Gasteiger partial charge in [-0.3, -0.25) is 14.6 Å². The molecule has 0 N–H and O–H groups in total. The van der Waals surface area contributed by atoms with Crippen molar-refractivity contribution in [2.75, 3.05) is 13.1 Å². The Bertz CT molecular complexity index is 891. The maximum absolute atomic E-state index is 13.0. The van der Waals surface area contributed by atoms with E-state index in [1.54, 1.807) is 34.3 Å². The van der Waals surface area contributed by atoms with Crippen molar-refractivity contribution in [3.63, 3.8) is 0 Å². The molecule has 2 saturated carbocycles. The van der Waals surface area contributed by atoms with Gasteiger partial charge in [-0.25, -0.2) is 0 Å². The van der Waals surface area contributed by atoms with E-state index in [2.05, 4.69) is 10.1 Å². The molecule has 8 heteroatoms. The van der Waals surface area contributed by atoms with Crippen LogP contribution in [0, 0.1) is 0 Å². The van der Waals surface area contributed by atoms with Crippen LogP contribution >= 0.6 is 0 Å². The molecule has 1 saturated heterocycles. The van der Waals surface area contributed by atoms with Crippen molar-refractivity contribution in [2.45, 2.75) is 56.7 Å². The van der Waals surface area contributed by atoms with Crippen molar-refractivity contribution < 1.29 is 18.8 Å². The average Bonchev–Trinajstić information content (AvgIpc) is 3.67. The molecule has 1 aliphatic heterocycles. The summed E-state index contributed by atoms with van der Waals surface area (Å²) in [7, 11) is 0. The molecule has 2 aromatic heterocycles. The summed E-state index contributed by atoms with van der Waals surface area (Å²) in [6.45, 7) is 1.27. The largest absolute Gasteiger partial charge is 0.488 e. The van der Waals surface area contributed by atoms with Gasteiger partial charge in [0.2, 0.25) is 0 Å². The Morgan fingerprint density at radius 2 is 1.97 bits per heavy atom. The van der Waals surface area contributed by atoms with Crippen molar-refractivity contribution in [1.82, 2.24) is 19.9 Å². The molecule has 3 heterocycles. The number of carbonyl (C=O) groups excluding carboxylic acids is 2. The summed E-state index contributed by atoms with van der Waals surface area (Å²) >= 11 is 0. The molecular formula is C21H24N4O4. The molecular weight excluding hydrogens is 372 g/mol. The summed E-state index contributed by atoms with van der Waals surface area (Å²) in [6, 6.07) is 5.63. The Hall–Kier alpha value is -2.90. The normalized spacial score (nSPS) is 21.2. The van der Waals surface area contributed by atoms with E-state index in [-0.39, 0.29) is 12.1 Å². The third kappa shape index (κ3) is 4.11. The number of carbonyl (C=O) groups is 2. The average molecular weight is 396 g/mol. The Kier molecular flexibility index (Phi) is 4.69. The molecule has 1 atom stereocenters. The van der Waals surface area contributed by atoms with Gasteiger partial charge in [0.1, 0.15) is 23.3 Å². The van der Waals surface area contributed by atoms with Crippen LogP contribution in [0.4, 0.5) is 0 Å². The maximum atomic E-state index is 13.0. The van der Waals surface area contributed by atoms with E-state index in [1.165, 1.54) is 0 Å². The van der Waals surface area contributed by atoms with Gasteiger partial charge in [0, 0.05) is 43.4 Å². The van der Waals surface area contributed by atoms with Gasteiger partial charge in [-0.05, 0) is 37.8 Å². The number of ether oxygens (including phenoxy) is 1. The molecule has 0 aromatic carbocycles. The fourth-order valence-electron chi connectivity index (χ4n) is 3.77. The molecule has 8 nitrogen and oxygen atoms in total. The van der Waals surface area contributed by atoms with Crippen LogP contribution in [0.5, 0.6) is 5.75 Å². The lowest BCUT2D eigenvalue weighted by molar-refractivity contribution is -0.152. The highest BCUT2D eigenvalue weighted by atomic mass is 16.5. The zero-order valence-corrected chi connectivity index (χ0v) is 16.2. The van der Waals surface area contributed by atoms with Crippen molar-refractivity contribution in [3.05, 3.63) is 42.0 Å².